The van der Waals surface area contributed by atoms with Crippen molar-refractivity contribution in [2.24, 2.45) is 4.99 Å². The van der Waals surface area contributed by atoms with Crippen LogP contribution in [0.5, 0.6) is 11.5 Å². The molecule has 0 radical (unpaired) electrons. The van der Waals surface area contributed by atoms with E-state index in [0.29, 0.717) is 40.0 Å². The molecule has 0 aromatic heterocycles. The van der Waals surface area contributed by atoms with Crippen LogP contribution in [0.25, 0.3) is 0 Å². The Morgan fingerprint density at radius 2 is 1.85 bits per heavy atom. The van der Waals surface area contributed by atoms with E-state index in [9.17, 15) is 13.2 Å². The third-order valence-corrected chi connectivity index (χ3v) is 9.44. The predicted molar refractivity (Wildman–Crippen MR) is 140 cm³/mol. The second-order valence-corrected chi connectivity index (χ2v) is 12.5. The number of hydrogen-bond donors (Lipinski definition) is 0. The number of amidine groups is 1. The first-order valence-corrected chi connectivity index (χ1v) is 14.6. The maximum atomic E-state index is 12.9. The third-order valence-electron chi connectivity index (χ3n) is 5.60. The summed E-state index contributed by atoms with van der Waals surface area (Å²) in [5, 5.41) is 0.319. The van der Waals surface area contributed by atoms with Gasteiger partial charge in [-0.3, -0.25) is 4.79 Å². The van der Waals surface area contributed by atoms with Crippen molar-refractivity contribution in [3.8, 4) is 11.5 Å². The number of anilines is 1. The summed E-state index contributed by atoms with van der Waals surface area (Å²) in [6.07, 6.45) is 0.182. The van der Waals surface area contributed by atoms with E-state index in [1.807, 2.05) is 62.1 Å². The molecule has 2 aliphatic rings. The number of carbonyl (C=O) groups is 1. The Morgan fingerprint density at radius 1 is 1.15 bits per heavy atom. The molecule has 0 unspecified atom stereocenters. The molecule has 4 rings (SSSR count). The van der Waals surface area contributed by atoms with Crippen LogP contribution in [0.15, 0.2) is 45.9 Å². The normalized spacial score (nSPS) is 22.1. The van der Waals surface area contributed by atoms with Gasteiger partial charge < -0.3 is 14.4 Å². The summed E-state index contributed by atoms with van der Waals surface area (Å²) in [6, 6.07) is 11.1. The Bertz CT molecular complexity index is 1230. The van der Waals surface area contributed by atoms with Crippen LogP contribution in [-0.4, -0.2) is 55.5 Å². The zero-order valence-corrected chi connectivity index (χ0v) is 22.5. The number of ether oxygens (including phenoxy) is 2. The largest absolute Gasteiger partial charge is 0.490 e. The molecule has 182 valence electrons. The fourth-order valence-electron chi connectivity index (χ4n) is 4.23. The molecule has 2 aliphatic heterocycles. The van der Waals surface area contributed by atoms with Crippen molar-refractivity contribution < 1.29 is 22.7 Å². The van der Waals surface area contributed by atoms with Crippen LogP contribution < -0.4 is 14.4 Å². The molecule has 2 heterocycles. The molecule has 0 spiro atoms. The Hall–Kier alpha value is -2.04. The van der Waals surface area contributed by atoms with Gasteiger partial charge in [0, 0.05) is 21.9 Å². The molecule has 2 aromatic rings. The summed E-state index contributed by atoms with van der Waals surface area (Å²) in [6.45, 7) is 6.70. The minimum absolute atomic E-state index is 0.0133. The quantitative estimate of drug-likeness (QED) is 0.491. The van der Waals surface area contributed by atoms with Crippen LogP contribution in [0.3, 0.4) is 0 Å². The van der Waals surface area contributed by atoms with Crippen LogP contribution in [-0.2, 0) is 21.1 Å². The van der Waals surface area contributed by atoms with Crippen LogP contribution in [0, 0.1) is 6.92 Å². The van der Waals surface area contributed by atoms with E-state index in [4.69, 9.17) is 9.47 Å². The lowest BCUT2D eigenvalue weighted by molar-refractivity contribution is -0.117. The molecule has 2 saturated heterocycles. The summed E-state index contributed by atoms with van der Waals surface area (Å²) >= 11 is 4.97. The Morgan fingerprint density at radius 3 is 2.53 bits per heavy atom. The van der Waals surface area contributed by atoms with Gasteiger partial charge in [0.25, 0.3) is 5.91 Å². The van der Waals surface area contributed by atoms with Gasteiger partial charge in [-0.25, -0.2) is 8.42 Å². The second-order valence-electron chi connectivity index (χ2n) is 8.24. The highest BCUT2D eigenvalue weighted by molar-refractivity contribution is 9.10. The number of fused-ring (bicyclic) bond motifs is 1. The first-order chi connectivity index (χ1) is 16.2. The van der Waals surface area contributed by atoms with Crippen LogP contribution in [0.4, 0.5) is 5.69 Å². The number of aliphatic imine (C=N–C) groups is 1. The lowest BCUT2D eigenvalue weighted by Crippen LogP contribution is -2.38. The number of amides is 1. The van der Waals surface area contributed by atoms with Crippen molar-refractivity contribution in [3.05, 3.63) is 52.0 Å². The molecular weight excluding hydrogens is 540 g/mol. The number of nitrogens with zero attached hydrogens (tertiary/aromatic N) is 2. The SMILES string of the molecule is CCOc1cc(Br)c(N2C(=NC(=O)Cc3cccc(C)c3)S[C@H]3CS(=O)(=O)C[C@@H]32)cc1OCC. The van der Waals surface area contributed by atoms with Crippen LogP contribution in [0.1, 0.15) is 25.0 Å². The van der Waals surface area contributed by atoms with Crippen molar-refractivity contribution >= 4 is 54.3 Å². The first kappa shape index (κ1) is 25.1. The topological polar surface area (TPSA) is 85.3 Å². The number of sulfone groups is 1. The number of hydrogen-bond acceptors (Lipinski definition) is 6. The maximum Gasteiger partial charge on any atom is 0.252 e. The van der Waals surface area contributed by atoms with Crippen molar-refractivity contribution in [2.45, 2.75) is 38.5 Å². The number of aryl methyl sites for hydroxylation is 1. The maximum absolute atomic E-state index is 12.9. The summed E-state index contributed by atoms with van der Waals surface area (Å²) in [7, 11) is -3.18. The van der Waals surface area contributed by atoms with Gasteiger partial charge in [0.2, 0.25) is 0 Å². The van der Waals surface area contributed by atoms with E-state index in [1.165, 1.54) is 11.8 Å². The van der Waals surface area contributed by atoms with Gasteiger partial charge in [0.1, 0.15) is 0 Å². The Kier molecular flexibility index (Phi) is 7.59. The lowest BCUT2D eigenvalue weighted by atomic mass is 10.1. The monoisotopic (exact) mass is 566 g/mol. The van der Waals surface area contributed by atoms with E-state index in [1.54, 1.807) is 0 Å². The van der Waals surface area contributed by atoms with Gasteiger partial charge in [-0.15, -0.1) is 0 Å². The molecule has 2 fully saturated rings. The number of halogens is 1. The van der Waals surface area contributed by atoms with Gasteiger partial charge in [-0.1, -0.05) is 41.6 Å². The van der Waals surface area contributed by atoms with E-state index in [0.717, 1.165) is 11.1 Å². The molecule has 1 amide bonds. The summed E-state index contributed by atoms with van der Waals surface area (Å²) in [4.78, 5) is 19.2. The molecular formula is C24H27BrN2O5S2. The highest BCUT2D eigenvalue weighted by atomic mass is 79.9. The van der Waals surface area contributed by atoms with Gasteiger partial charge >= 0.3 is 0 Å². The Balaban J connectivity index is 1.72. The van der Waals surface area contributed by atoms with E-state index in [2.05, 4.69) is 20.9 Å². The molecule has 0 N–H and O–H groups in total. The number of thioether (sulfide) groups is 1. The summed E-state index contributed by atoms with van der Waals surface area (Å²) < 4.78 is 37.1. The molecule has 10 heteroatoms. The minimum Gasteiger partial charge on any atom is -0.490 e. The molecule has 0 bridgehead atoms. The van der Waals surface area contributed by atoms with Gasteiger partial charge in [0.05, 0.1) is 42.9 Å². The fraction of sp³-hybridized carbons (Fsp3) is 0.417. The predicted octanol–water partition coefficient (Wildman–Crippen LogP) is 4.40. The number of carbonyl (C=O) groups excluding carboxylic acids is 1. The third kappa shape index (κ3) is 5.44. The van der Waals surface area contributed by atoms with Crippen LogP contribution in [0.2, 0.25) is 0 Å². The first-order valence-electron chi connectivity index (χ1n) is 11.1. The molecule has 0 saturated carbocycles. The average molecular weight is 568 g/mol. The minimum atomic E-state index is -3.18. The van der Waals surface area contributed by atoms with Gasteiger partial charge in [-0.2, -0.15) is 4.99 Å². The molecule has 0 aliphatic carbocycles. The van der Waals surface area contributed by atoms with E-state index < -0.39 is 9.84 Å². The van der Waals surface area contributed by atoms with Crippen LogP contribution >= 0.6 is 27.7 Å². The molecule has 2 aromatic carbocycles. The zero-order valence-electron chi connectivity index (χ0n) is 19.3. The smallest absolute Gasteiger partial charge is 0.252 e. The second kappa shape index (κ2) is 10.3. The highest BCUT2D eigenvalue weighted by Gasteiger charge is 2.50. The van der Waals surface area contributed by atoms with Crippen molar-refractivity contribution in [2.75, 3.05) is 29.6 Å². The van der Waals surface area contributed by atoms with Gasteiger partial charge in [0.15, 0.2) is 26.5 Å². The average Bonchev–Trinajstić information content (AvgIpc) is 3.21. The van der Waals surface area contributed by atoms with Gasteiger partial charge in [-0.05, 0) is 42.3 Å². The van der Waals surface area contributed by atoms with E-state index >= 15 is 0 Å². The Labute approximate surface area is 213 Å². The van der Waals surface area contributed by atoms with Crippen molar-refractivity contribution in [3.63, 3.8) is 0 Å². The van der Waals surface area contributed by atoms with Crippen molar-refractivity contribution in [1.82, 2.24) is 0 Å². The zero-order chi connectivity index (χ0) is 24.5. The fourth-order valence-corrected chi connectivity index (χ4v) is 8.67. The van der Waals surface area contributed by atoms with E-state index in [-0.39, 0.29) is 35.1 Å². The lowest BCUT2D eigenvalue weighted by Gasteiger charge is -2.27. The molecule has 34 heavy (non-hydrogen) atoms. The summed E-state index contributed by atoms with van der Waals surface area (Å²) in [5.41, 5.74) is 2.68. The summed E-state index contributed by atoms with van der Waals surface area (Å²) in [5.74, 6) is 0.961. The highest BCUT2D eigenvalue weighted by Crippen LogP contribution is 2.46. The van der Waals surface area contributed by atoms with Crippen molar-refractivity contribution in [1.29, 1.82) is 0 Å². The standard InChI is InChI=1S/C24H27BrN2O5S2/c1-4-31-20-11-17(25)18(12-21(20)32-5-2)27-19-13-34(29,30)14-22(19)33-24(27)26-23(28)10-16-8-6-7-15(3)9-16/h6-9,11-12,19,22H,4-5,10,13-14H2,1-3H3/t19-,22-/m0/s1. The number of rotatable bonds is 7. The number of benzene rings is 2. The molecule has 7 nitrogen and oxygen atoms in total. The molecule has 2 atom stereocenters.